The molecular formula is C23H38O7. The van der Waals surface area contributed by atoms with Crippen LogP contribution in [0.25, 0.3) is 0 Å². The molecule has 4 N–H and O–H groups in total. The lowest BCUT2D eigenvalue weighted by Crippen LogP contribution is -2.21. The number of allylic oxidation sites excluding steroid dienone is 3. The van der Waals surface area contributed by atoms with Gasteiger partial charge in [-0.2, -0.15) is 0 Å². The first-order valence-corrected chi connectivity index (χ1v) is 11.1. The number of hydrogen-bond acceptors (Lipinski definition) is 7. The summed E-state index contributed by atoms with van der Waals surface area (Å²) >= 11 is 0. The highest BCUT2D eigenvalue weighted by Gasteiger charge is 2.39. The highest BCUT2D eigenvalue weighted by molar-refractivity contribution is 5.86. The van der Waals surface area contributed by atoms with Gasteiger partial charge in [0.1, 0.15) is 18.5 Å². The molecule has 1 aliphatic carbocycles. The normalized spacial score (nSPS) is 24.0. The molecule has 1 rings (SSSR count). The quantitative estimate of drug-likeness (QED) is 0.179. The molecular weight excluding hydrogens is 388 g/mol. The number of hydrogen-bond donors (Lipinski definition) is 4. The van der Waals surface area contributed by atoms with E-state index in [1.807, 2.05) is 12.2 Å². The third-order valence-corrected chi connectivity index (χ3v) is 5.36. The van der Waals surface area contributed by atoms with E-state index < -0.39 is 30.9 Å². The first-order chi connectivity index (χ1) is 14.4. The summed E-state index contributed by atoms with van der Waals surface area (Å²) in [6.45, 7) is 1.45. The molecule has 7 heteroatoms. The Bertz CT molecular complexity index is 558. The summed E-state index contributed by atoms with van der Waals surface area (Å²) in [5.74, 6) is -0.989. The number of aliphatic hydroxyl groups is 4. The SMILES string of the molecule is CCCCC[C@H](O)/C=C/[C@H]1C(=O)C[C@H](O)[C@@H]1C/C=C\CCCC(=O)OC[C@@H](O)CO. The van der Waals surface area contributed by atoms with Crippen LogP contribution in [0.4, 0.5) is 0 Å². The van der Waals surface area contributed by atoms with Gasteiger partial charge in [0, 0.05) is 24.7 Å². The molecule has 0 bridgehead atoms. The van der Waals surface area contributed by atoms with Crippen molar-refractivity contribution in [3.8, 4) is 0 Å². The monoisotopic (exact) mass is 426 g/mol. The van der Waals surface area contributed by atoms with Gasteiger partial charge < -0.3 is 25.2 Å². The predicted octanol–water partition coefficient (Wildman–Crippen LogP) is 2.06. The Morgan fingerprint density at radius 3 is 2.70 bits per heavy atom. The van der Waals surface area contributed by atoms with Gasteiger partial charge in [0.25, 0.3) is 0 Å². The maximum absolute atomic E-state index is 12.2. The van der Waals surface area contributed by atoms with Crippen LogP contribution in [0, 0.1) is 11.8 Å². The molecule has 7 nitrogen and oxygen atoms in total. The molecule has 30 heavy (non-hydrogen) atoms. The Hall–Kier alpha value is -1.54. The van der Waals surface area contributed by atoms with Gasteiger partial charge in [-0.15, -0.1) is 0 Å². The van der Waals surface area contributed by atoms with Gasteiger partial charge in [0.15, 0.2) is 0 Å². The number of esters is 1. The molecule has 0 unspecified atom stereocenters. The van der Waals surface area contributed by atoms with Gasteiger partial charge in [0.2, 0.25) is 0 Å². The summed E-state index contributed by atoms with van der Waals surface area (Å²) in [6, 6.07) is 0. The minimum atomic E-state index is -1.05. The molecule has 1 aliphatic rings. The fourth-order valence-corrected chi connectivity index (χ4v) is 3.52. The van der Waals surface area contributed by atoms with Gasteiger partial charge in [-0.05, 0) is 25.7 Å². The minimum absolute atomic E-state index is 0.00530. The van der Waals surface area contributed by atoms with E-state index in [1.165, 1.54) is 0 Å². The smallest absolute Gasteiger partial charge is 0.305 e. The van der Waals surface area contributed by atoms with Gasteiger partial charge in [-0.1, -0.05) is 50.5 Å². The summed E-state index contributed by atoms with van der Waals surface area (Å²) in [5, 5.41) is 38.0. The second-order valence-electron chi connectivity index (χ2n) is 7.99. The van der Waals surface area contributed by atoms with E-state index in [-0.39, 0.29) is 37.1 Å². The lowest BCUT2D eigenvalue weighted by molar-refractivity contribution is -0.147. The Kier molecular flexibility index (Phi) is 13.5. The molecule has 172 valence electrons. The summed E-state index contributed by atoms with van der Waals surface area (Å²) in [4.78, 5) is 23.7. The standard InChI is InChI=1S/C23H38O7/c1-2-3-6-9-17(25)12-13-20-19(21(27)14-22(20)28)10-7-4-5-8-11-23(29)30-16-18(26)15-24/h4,7,12-13,17-21,24-27H,2-3,5-6,8-11,14-16H2,1H3/b7-4-,13-12+/t17-,18-,19+,20+,21-/m0/s1. The number of ketones is 1. The van der Waals surface area contributed by atoms with E-state index in [0.717, 1.165) is 19.3 Å². The number of rotatable bonds is 15. The second kappa shape index (κ2) is 15.3. The minimum Gasteiger partial charge on any atom is -0.463 e. The van der Waals surface area contributed by atoms with Crippen LogP contribution in [-0.4, -0.2) is 63.7 Å². The third kappa shape index (κ3) is 10.5. The number of carbonyl (C=O) groups excluding carboxylic acids is 2. The zero-order valence-corrected chi connectivity index (χ0v) is 18.0. The van der Waals surface area contributed by atoms with Crippen LogP contribution < -0.4 is 0 Å². The molecule has 0 aromatic heterocycles. The van der Waals surface area contributed by atoms with Crippen LogP contribution in [0.2, 0.25) is 0 Å². The maximum Gasteiger partial charge on any atom is 0.305 e. The average Bonchev–Trinajstić information content (AvgIpc) is 2.99. The summed E-state index contributed by atoms with van der Waals surface area (Å²) < 4.78 is 4.83. The van der Waals surface area contributed by atoms with Crippen molar-refractivity contribution in [1.82, 2.24) is 0 Å². The predicted molar refractivity (Wildman–Crippen MR) is 114 cm³/mol. The first kappa shape index (κ1) is 26.5. The third-order valence-electron chi connectivity index (χ3n) is 5.36. The van der Waals surface area contributed by atoms with Crippen molar-refractivity contribution >= 4 is 11.8 Å². The molecule has 0 radical (unpaired) electrons. The lowest BCUT2D eigenvalue weighted by Gasteiger charge is -2.17. The van der Waals surface area contributed by atoms with Crippen molar-refractivity contribution in [2.75, 3.05) is 13.2 Å². The van der Waals surface area contributed by atoms with Crippen LogP contribution >= 0.6 is 0 Å². The second-order valence-corrected chi connectivity index (χ2v) is 7.99. The van der Waals surface area contributed by atoms with Crippen molar-refractivity contribution in [3.05, 3.63) is 24.3 Å². The molecule has 0 aromatic rings. The highest BCUT2D eigenvalue weighted by Crippen LogP contribution is 2.33. The number of unbranched alkanes of at least 4 members (excludes halogenated alkanes) is 3. The molecule has 0 spiro atoms. The maximum atomic E-state index is 12.2. The van der Waals surface area contributed by atoms with E-state index in [0.29, 0.717) is 25.7 Å². The molecule has 0 aromatic carbocycles. The van der Waals surface area contributed by atoms with Gasteiger partial charge in [-0.25, -0.2) is 0 Å². The Morgan fingerprint density at radius 1 is 1.23 bits per heavy atom. The Labute approximate surface area is 179 Å². The summed E-state index contributed by atoms with van der Waals surface area (Å²) in [7, 11) is 0. The topological polar surface area (TPSA) is 124 Å². The van der Waals surface area contributed by atoms with E-state index in [2.05, 4.69) is 6.92 Å². The summed E-state index contributed by atoms with van der Waals surface area (Å²) in [6.07, 6.45) is 11.0. The molecule has 5 atom stereocenters. The van der Waals surface area contributed by atoms with Gasteiger partial charge in [0.05, 0.1) is 18.8 Å². The molecule has 0 heterocycles. The molecule has 0 saturated heterocycles. The van der Waals surface area contributed by atoms with E-state index in [9.17, 15) is 19.8 Å². The lowest BCUT2D eigenvalue weighted by atomic mass is 9.90. The van der Waals surface area contributed by atoms with Gasteiger partial charge in [-0.3, -0.25) is 9.59 Å². The summed E-state index contributed by atoms with van der Waals surface area (Å²) in [5.41, 5.74) is 0. The first-order valence-electron chi connectivity index (χ1n) is 11.1. The van der Waals surface area contributed by atoms with Crippen molar-refractivity contribution in [3.63, 3.8) is 0 Å². The van der Waals surface area contributed by atoms with E-state index in [1.54, 1.807) is 12.2 Å². The zero-order chi connectivity index (χ0) is 22.4. The number of Topliss-reactive ketones (excluding diaryl/α,β-unsaturated/α-hetero) is 1. The van der Waals surface area contributed by atoms with Crippen molar-refractivity contribution in [2.24, 2.45) is 11.8 Å². The van der Waals surface area contributed by atoms with Crippen molar-refractivity contribution < 1.29 is 34.8 Å². The number of ether oxygens (including phenoxy) is 1. The van der Waals surface area contributed by atoms with E-state index >= 15 is 0 Å². The average molecular weight is 427 g/mol. The fraction of sp³-hybridized carbons (Fsp3) is 0.739. The Balaban J connectivity index is 2.37. The van der Waals surface area contributed by atoms with Crippen LogP contribution in [-0.2, 0) is 14.3 Å². The Morgan fingerprint density at radius 2 is 2.00 bits per heavy atom. The highest BCUT2D eigenvalue weighted by atomic mass is 16.5. The van der Waals surface area contributed by atoms with Crippen molar-refractivity contribution in [2.45, 2.75) is 83.0 Å². The molecule has 0 amide bonds. The number of carbonyl (C=O) groups is 2. The van der Waals surface area contributed by atoms with E-state index in [4.69, 9.17) is 14.9 Å². The fourth-order valence-electron chi connectivity index (χ4n) is 3.52. The van der Waals surface area contributed by atoms with Crippen molar-refractivity contribution in [1.29, 1.82) is 0 Å². The molecule has 1 fully saturated rings. The largest absolute Gasteiger partial charge is 0.463 e. The molecule has 1 saturated carbocycles. The molecule has 0 aliphatic heterocycles. The van der Waals surface area contributed by atoms with Gasteiger partial charge >= 0.3 is 5.97 Å². The van der Waals surface area contributed by atoms with Crippen LogP contribution in [0.1, 0.15) is 64.7 Å². The van der Waals surface area contributed by atoms with Crippen LogP contribution in [0.5, 0.6) is 0 Å². The number of aliphatic hydroxyl groups excluding tert-OH is 4. The van der Waals surface area contributed by atoms with Crippen LogP contribution in [0.15, 0.2) is 24.3 Å². The van der Waals surface area contributed by atoms with Crippen LogP contribution in [0.3, 0.4) is 0 Å². The zero-order valence-electron chi connectivity index (χ0n) is 18.0.